The van der Waals surface area contributed by atoms with E-state index in [1.807, 2.05) is 12.1 Å². The van der Waals surface area contributed by atoms with Crippen molar-refractivity contribution in [1.82, 2.24) is 5.32 Å². The monoisotopic (exact) mass is 421 g/mol. The molecule has 0 spiro atoms. The second-order valence-electron chi connectivity index (χ2n) is 7.91. The first-order valence-electron chi connectivity index (χ1n) is 10.2. The molecule has 1 amide bonds. The van der Waals surface area contributed by atoms with Gasteiger partial charge in [0.25, 0.3) is 5.91 Å². The Labute approximate surface area is 174 Å². The van der Waals surface area contributed by atoms with Gasteiger partial charge in [0, 0.05) is 11.6 Å². The Hall–Kier alpha value is -2.81. The molecule has 3 saturated carbocycles. The van der Waals surface area contributed by atoms with E-state index in [1.54, 1.807) is 6.07 Å². The van der Waals surface area contributed by atoms with Crippen LogP contribution in [0.5, 0.6) is 11.5 Å². The molecule has 9 heteroatoms. The van der Waals surface area contributed by atoms with Gasteiger partial charge in [-0.3, -0.25) is 9.59 Å². The molecule has 1 heterocycles. The topological polar surface area (TPSA) is 142 Å². The van der Waals surface area contributed by atoms with Crippen LogP contribution in [0, 0.1) is 11.8 Å². The van der Waals surface area contributed by atoms with Crippen LogP contribution in [0.25, 0.3) is 0 Å². The number of amides is 1. The Bertz CT molecular complexity index is 787. The molecule has 0 aromatic heterocycles. The standard InChI is InChI=1S/C17H21NO3.C4H6O5/c19-17(18-14-9-11-1-3-12(14)4-2-11)13-5-6-15-16(10-13)21-8-7-20-15;5-2(4(8)9)1-3(6)7/h5-6,10-12,14H,1-4,7-9H2,(H,18,19);2,5H,1H2,(H,6,7)(H,8,9)/t11?,12?,14-;/m0./s1. The van der Waals surface area contributed by atoms with Gasteiger partial charge in [0.2, 0.25) is 0 Å². The summed E-state index contributed by atoms with van der Waals surface area (Å²) in [5, 5.41) is 27.4. The first-order chi connectivity index (χ1) is 14.3. The fourth-order valence-corrected chi connectivity index (χ4v) is 4.24. The van der Waals surface area contributed by atoms with Crippen LogP contribution in [0.4, 0.5) is 0 Å². The summed E-state index contributed by atoms with van der Waals surface area (Å²) in [7, 11) is 0. The van der Waals surface area contributed by atoms with Crippen molar-refractivity contribution in [3.63, 3.8) is 0 Å². The first-order valence-corrected chi connectivity index (χ1v) is 10.2. The number of nitrogens with one attached hydrogen (secondary N) is 1. The number of hydrogen-bond acceptors (Lipinski definition) is 6. The molecule has 3 aliphatic carbocycles. The number of aliphatic hydroxyl groups excluding tert-OH is 1. The van der Waals surface area contributed by atoms with Gasteiger partial charge < -0.3 is 30.1 Å². The summed E-state index contributed by atoms with van der Waals surface area (Å²) < 4.78 is 11.0. The summed E-state index contributed by atoms with van der Waals surface area (Å²) in [5.41, 5.74) is 0.667. The zero-order valence-corrected chi connectivity index (χ0v) is 16.6. The molecule has 3 fully saturated rings. The SMILES string of the molecule is O=C(N[C@H]1CC2CCC1CC2)c1ccc2c(c1)OCCO2.O=C(O)CC(O)C(=O)O. The normalized spacial score (nSPS) is 24.8. The number of aliphatic carboxylic acids is 2. The summed E-state index contributed by atoms with van der Waals surface area (Å²) >= 11 is 0. The van der Waals surface area contributed by atoms with Crippen LogP contribution in [0.3, 0.4) is 0 Å². The first kappa shape index (κ1) is 21.9. The number of aliphatic hydroxyl groups is 1. The molecule has 30 heavy (non-hydrogen) atoms. The van der Waals surface area contributed by atoms with Crippen LogP contribution in [-0.4, -0.2) is 58.5 Å². The van der Waals surface area contributed by atoms with E-state index >= 15 is 0 Å². The largest absolute Gasteiger partial charge is 0.486 e. The number of rotatable bonds is 5. The number of benzene rings is 1. The van der Waals surface area contributed by atoms with Crippen molar-refractivity contribution in [3.05, 3.63) is 23.8 Å². The molecule has 1 aromatic rings. The molecule has 5 rings (SSSR count). The van der Waals surface area contributed by atoms with E-state index in [1.165, 1.54) is 25.7 Å². The Morgan fingerprint density at radius 1 is 1.03 bits per heavy atom. The number of hydrogen-bond donors (Lipinski definition) is 4. The van der Waals surface area contributed by atoms with Crippen LogP contribution in [-0.2, 0) is 9.59 Å². The van der Waals surface area contributed by atoms with E-state index in [0.717, 1.165) is 18.1 Å². The van der Waals surface area contributed by atoms with Crippen molar-refractivity contribution in [2.75, 3.05) is 13.2 Å². The Balaban J connectivity index is 0.000000244. The molecule has 0 radical (unpaired) electrons. The number of carbonyl (C=O) groups excluding carboxylic acids is 1. The minimum absolute atomic E-state index is 0.0181. The number of ether oxygens (including phenoxy) is 2. The van der Waals surface area contributed by atoms with E-state index < -0.39 is 24.5 Å². The maximum Gasteiger partial charge on any atom is 0.333 e. The van der Waals surface area contributed by atoms with Crippen molar-refractivity contribution in [3.8, 4) is 11.5 Å². The predicted octanol–water partition coefficient (Wildman–Crippen LogP) is 1.67. The third kappa shape index (κ3) is 5.63. The number of fused-ring (bicyclic) bond motifs is 4. The summed E-state index contributed by atoms with van der Waals surface area (Å²) in [6.45, 7) is 1.12. The summed E-state index contributed by atoms with van der Waals surface area (Å²) in [5.74, 6) is 0.0807. The maximum absolute atomic E-state index is 12.5. The van der Waals surface area contributed by atoms with Gasteiger partial charge in [0.05, 0.1) is 6.42 Å². The van der Waals surface area contributed by atoms with Crippen molar-refractivity contribution >= 4 is 17.8 Å². The second kappa shape index (κ2) is 9.80. The highest BCUT2D eigenvalue weighted by Gasteiger charge is 2.36. The third-order valence-corrected chi connectivity index (χ3v) is 5.82. The van der Waals surface area contributed by atoms with Gasteiger partial charge in [-0.05, 0) is 49.3 Å². The number of carboxylic acids is 2. The minimum Gasteiger partial charge on any atom is -0.486 e. The molecule has 2 atom stereocenters. The number of carboxylic acid groups (broad SMARTS) is 2. The van der Waals surface area contributed by atoms with Gasteiger partial charge in [0.1, 0.15) is 13.2 Å². The molecular weight excluding hydrogens is 394 g/mol. The molecule has 2 bridgehead atoms. The van der Waals surface area contributed by atoms with Gasteiger partial charge in [0.15, 0.2) is 17.6 Å². The lowest BCUT2D eigenvalue weighted by Gasteiger charge is -2.42. The zero-order valence-electron chi connectivity index (χ0n) is 16.6. The fourth-order valence-electron chi connectivity index (χ4n) is 4.24. The Kier molecular flexibility index (Phi) is 7.15. The van der Waals surface area contributed by atoms with Crippen LogP contribution < -0.4 is 14.8 Å². The minimum atomic E-state index is -1.79. The van der Waals surface area contributed by atoms with E-state index in [9.17, 15) is 14.4 Å². The van der Waals surface area contributed by atoms with Crippen LogP contribution in [0.15, 0.2) is 18.2 Å². The van der Waals surface area contributed by atoms with Crippen LogP contribution in [0.1, 0.15) is 48.9 Å². The Morgan fingerprint density at radius 2 is 1.70 bits per heavy atom. The van der Waals surface area contributed by atoms with E-state index in [4.69, 9.17) is 24.8 Å². The maximum atomic E-state index is 12.5. The summed E-state index contributed by atoms with van der Waals surface area (Å²) in [6.07, 6.45) is 3.86. The lowest BCUT2D eigenvalue weighted by atomic mass is 9.68. The van der Waals surface area contributed by atoms with Gasteiger partial charge in [-0.2, -0.15) is 0 Å². The van der Waals surface area contributed by atoms with Crippen molar-refractivity contribution in [2.24, 2.45) is 11.8 Å². The molecular formula is C21H27NO8. The second-order valence-corrected chi connectivity index (χ2v) is 7.91. The lowest BCUT2D eigenvalue weighted by molar-refractivity contribution is -0.152. The molecule has 4 aliphatic rings. The lowest BCUT2D eigenvalue weighted by Crippen LogP contribution is -2.47. The average Bonchev–Trinajstić information content (AvgIpc) is 2.74. The summed E-state index contributed by atoms with van der Waals surface area (Å²) in [6, 6.07) is 5.81. The van der Waals surface area contributed by atoms with Gasteiger partial charge in [-0.1, -0.05) is 12.8 Å². The molecule has 1 unspecified atom stereocenters. The van der Waals surface area contributed by atoms with Crippen molar-refractivity contribution in [2.45, 2.75) is 50.7 Å². The van der Waals surface area contributed by atoms with Gasteiger partial charge >= 0.3 is 11.9 Å². The van der Waals surface area contributed by atoms with Crippen LogP contribution in [0.2, 0.25) is 0 Å². The predicted molar refractivity (Wildman–Crippen MR) is 105 cm³/mol. The Morgan fingerprint density at radius 3 is 2.23 bits per heavy atom. The van der Waals surface area contributed by atoms with E-state index in [-0.39, 0.29) is 5.91 Å². The highest BCUT2D eigenvalue weighted by molar-refractivity contribution is 5.95. The summed E-state index contributed by atoms with van der Waals surface area (Å²) in [4.78, 5) is 31.9. The van der Waals surface area contributed by atoms with Crippen molar-refractivity contribution in [1.29, 1.82) is 0 Å². The number of carbonyl (C=O) groups is 3. The van der Waals surface area contributed by atoms with E-state index in [2.05, 4.69) is 5.32 Å². The van der Waals surface area contributed by atoms with Crippen molar-refractivity contribution < 1.29 is 39.2 Å². The highest BCUT2D eigenvalue weighted by Crippen LogP contribution is 2.41. The van der Waals surface area contributed by atoms with Crippen LogP contribution >= 0.6 is 0 Å². The molecule has 0 saturated heterocycles. The smallest absolute Gasteiger partial charge is 0.333 e. The van der Waals surface area contributed by atoms with Gasteiger partial charge in [-0.25, -0.2) is 4.79 Å². The molecule has 164 valence electrons. The average molecular weight is 421 g/mol. The molecule has 1 aromatic carbocycles. The third-order valence-electron chi connectivity index (χ3n) is 5.82. The molecule has 1 aliphatic heterocycles. The highest BCUT2D eigenvalue weighted by atomic mass is 16.6. The van der Waals surface area contributed by atoms with Gasteiger partial charge in [-0.15, -0.1) is 0 Å². The quantitative estimate of drug-likeness (QED) is 0.562. The zero-order chi connectivity index (χ0) is 21.7. The molecule has 4 N–H and O–H groups in total. The molecule has 9 nitrogen and oxygen atoms in total. The van der Waals surface area contributed by atoms with E-state index in [0.29, 0.717) is 36.5 Å². The fraction of sp³-hybridized carbons (Fsp3) is 0.571.